The lowest BCUT2D eigenvalue weighted by Gasteiger charge is -2.12. The van der Waals surface area contributed by atoms with Gasteiger partial charge in [0.25, 0.3) is 0 Å². The third-order valence-corrected chi connectivity index (χ3v) is 2.79. The Morgan fingerprint density at radius 1 is 1.29 bits per heavy atom. The molecule has 1 rings (SSSR count). The average Bonchev–Trinajstić information content (AvgIpc) is 2.52. The molecule has 8 heteroatoms. The summed E-state index contributed by atoms with van der Waals surface area (Å²) in [5.74, 6) is -1.93. The summed E-state index contributed by atoms with van der Waals surface area (Å²) in [6.07, 6.45) is -0.308. The van der Waals surface area contributed by atoms with Gasteiger partial charge < -0.3 is 14.6 Å². The fourth-order valence-corrected chi connectivity index (χ4v) is 1.66. The molecule has 0 amide bonds. The van der Waals surface area contributed by atoms with Crippen LogP contribution in [0.4, 0.5) is 0 Å². The quantitative estimate of drug-likeness (QED) is 0.325. The summed E-state index contributed by atoms with van der Waals surface area (Å²) >= 11 is 0. The maximum Gasteiger partial charge on any atom is 0.333 e. The van der Waals surface area contributed by atoms with Gasteiger partial charge in [-0.25, -0.2) is 10.3 Å². The fourth-order valence-electron chi connectivity index (χ4n) is 1.66. The summed E-state index contributed by atoms with van der Waals surface area (Å²) in [4.78, 5) is 34.0. The van der Waals surface area contributed by atoms with Crippen LogP contribution in [0.2, 0.25) is 0 Å². The Morgan fingerprint density at radius 3 is 2.54 bits per heavy atom. The van der Waals surface area contributed by atoms with E-state index in [0.29, 0.717) is 5.56 Å². The molecule has 0 fully saturated rings. The lowest BCUT2D eigenvalue weighted by Crippen LogP contribution is -2.24. The van der Waals surface area contributed by atoms with Gasteiger partial charge in [0.1, 0.15) is 18.0 Å². The molecule has 0 aliphatic carbocycles. The number of nitrogens with one attached hydrogen (secondary N) is 1. The molecule has 0 saturated carbocycles. The van der Waals surface area contributed by atoms with Gasteiger partial charge in [-0.3, -0.25) is 9.59 Å². The zero-order chi connectivity index (χ0) is 18.1. The van der Waals surface area contributed by atoms with Crippen LogP contribution >= 0.6 is 0 Å². The van der Waals surface area contributed by atoms with Crippen molar-refractivity contribution in [3.8, 4) is 5.75 Å². The van der Waals surface area contributed by atoms with Crippen LogP contribution in [-0.2, 0) is 23.9 Å². The van der Waals surface area contributed by atoms with E-state index in [1.54, 1.807) is 18.2 Å². The molecule has 2 N–H and O–H groups in total. The van der Waals surface area contributed by atoms with Crippen molar-refractivity contribution < 1.29 is 29.0 Å². The second kappa shape index (κ2) is 9.19. The smallest absolute Gasteiger partial charge is 0.333 e. The first-order chi connectivity index (χ1) is 11.3. The Bertz CT molecular complexity index is 668. The first-order valence-corrected chi connectivity index (χ1v) is 7.02. The van der Waals surface area contributed by atoms with E-state index in [4.69, 9.17) is 15.0 Å². The highest BCUT2D eigenvalue weighted by Gasteiger charge is 2.17. The van der Waals surface area contributed by atoms with E-state index < -0.39 is 31.2 Å². The Morgan fingerprint density at radius 2 is 1.96 bits per heavy atom. The Kier molecular flexibility index (Phi) is 7.28. The highest BCUT2D eigenvalue weighted by atomic mass is 16.6. The average molecular weight is 334 g/mol. The molecule has 1 aromatic carbocycles. The van der Waals surface area contributed by atoms with Gasteiger partial charge in [0, 0.05) is 11.1 Å². The number of hydrogen-bond acceptors (Lipinski definition) is 8. The van der Waals surface area contributed by atoms with Crippen LogP contribution < -0.4 is 0 Å². The van der Waals surface area contributed by atoms with Gasteiger partial charge in [0.15, 0.2) is 6.61 Å². The van der Waals surface area contributed by atoms with E-state index in [1.807, 2.05) is 0 Å². The number of phenolic OH excluding ortho intramolecular Hbond substituents is 1. The van der Waals surface area contributed by atoms with E-state index in [-0.39, 0.29) is 17.1 Å². The van der Waals surface area contributed by atoms with Crippen molar-refractivity contribution in [1.29, 1.82) is 5.53 Å². The lowest BCUT2D eigenvalue weighted by molar-refractivity contribution is -0.158. The Labute approximate surface area is 138 Å². The van der Waals surface area contributed by atoms with Crippen molar-refractivity contribution in [2.75, 3.05) is 6.61 Å². The van der Waals surface area contributed by atoms with Crippen LogP contribution in [0.25, 0.3) is 6.08 Å². The highest BCUT2D eigenvalue weighted by Crippen LogP contribution is 2.19. The van der Waals surface area contributed by atoms with Crippen molar-refractivity contribution in [2.24, 2.45) is 5.11 Å². The SMILES string of the molecule is CC(=O)CC(=O)OC(COC(=O)C(C)=Cc1ccccc1O)N=N. The molecule has 1 aromatic rings. The minimum Gasteiger partial charge on any atom is -0.507 e. The number of carbonyl (C=O) groups excluding carboxylic acids is 3. The zero-order valence-electron chi connectivity index (χ0n) is 13.3. The number of Topliss-reactive ketones (excluding diaryl/α,β-unsaturated/α-hetero) is 1. The Hall–Kier alpha value is -3.03. The number of para-hydroxylation sites is 1. The normalized spacial score (nSPS) is 12.2. The second-order valence-electron chi connectivity index (χ2n) is 4.94. The van der Waals surface area contributed by atoms with E-state index in [0.717, 1.165) is 0 Å². The van der Waals surface area contributed by atoms with Crippen molar-refractivity contribution in [3.05, 3.63) is 35.4 Å². The van der Waals surface area contributed by atoms with E-state index in [2.05, 4.69) is 5.11 Å². The molecular formula is C16H18N2O6. The third-order valence-electron chi connectivity index (χ3n) is 2.79. The number of ketones is 1. The largest absolute Gasteiger partial charge is 0.507 e. The number of esters is 2. The van der Waals surface area contributed by atoms with Crippen molar-refractivity contribution >= 4 is 23.8 Å². The molecule has 0 saturated heterocycles. The first-order valence-electron chi connectivity index (χ1n) is 7.02. The van der Waals surface area contributed by atoms with Gasteiger partial charge in [-0.05, 0) is 26.0 Å². The second-order valence-corrected chi connectivity index (χ2v) is 4.94. The molecule has 0 aliphatic rings. The number of phenols is 1. The molecule has 1 atom stereocenters. The molecule has 0 aliphatic heterocycles. The van der Waals surface area contributed by atoms with Gasteiger partial charge in [-0.15, -0.1) is 5.11 Å². The fraction of sp³-hybridized carbons (Fsp3) is 0.312. The third kappa shape index (κ3) is 6.39. The summed E-state index contributed by atoms with van der Waals surface area (Å²) in [7, 11) is 0. The predicted octanol–water partition coefficient (Wildman–Crippen LogP) is 2.22. The monoisotopic (exact) mass is 334 g/mol. The lowest BCUT2D eigenvalue weighted by atomic mass is 10.1. The number of benzene rings is 1. The summed E-state index contributed by atoms with van der Waals surface area (Å²) in [6, 6.07) is 6.45. The topological polar surface area (TPSA) is 126 Å². The maximum absolute atomic E-state index is 11.9. The number of nitrogens with zero attached hydrogens (tertiary/aromatic N) is 1. The summed E-state index contributed by atoms with van der Waals surface area (Å²) in [6.45, 7) is 2.27. The maximum atomic E-state index is 11.9. The van der Waals surface area contributed by atoms with Gasteiger partial charge >= 0.3 is 11.9 Å². The van der Waals surface area contributed by atoms with Crippen LogP contribution in [0.3, 0.4) is 0 Å². The van der Waals surface area contributed by atoms with E-state index in [9.17, 15) is 19.5 Å². The molecule has 8 nitrogen and oxygen atoms in total. The number of aromatic hydroxyl groups is 1. The molecule has 128 valence electrons. The standard InChI is InChI=1S/C16H18N2O6/c1-10(7-12-5-3-4-6-13(12)20)16(22)23-9-14(18-17)24-15(21)8-11(2)19/h3-7,14,17,20H,8-9H2,1-2H3. The summed E-state index contributed by atoms with van der Waals surface area (Å²) < 4.78 is 9.64. The Balaban J connectivity index is 2.60. The number of rotatable bonds is 8. The van der Waals surface area contributed by atoms with Crippen molar-refractivity contribution in [1.82, 2.24) is 0 Å². The summed E-state index contributed by atoms with van der Waals surface area (Å²) in [5, 5.41) is 12.7. The molecule has 0 radical (unpaired) electrons. The molecule has 24 heavy (non-hydrogen) atoms. The van der Waals surface area contributed by atoms with Crippen molar-refractivity contribution in [2.45, 2.75) is 26.5 Å². The van der Waals surface area contributed by atoms with Crippen molar-refractivity contribution in [3.63, 3.8) is 0 Å². The van der Waals surface area contributed by atoms with Gasteiger partial charge in [-0.2, -0.15) is 0 Å². The minimum absolute atomic E-state index is 0.0156. The molecule has 0 spiro atoms. The summed E-state index contributed by atoms with van der Waals surface area (Å²) in [5.41, 5.74) is 7.57. The van der Waals surface area contributed by atoms with Gasteiger partial charge in [0.05, 0.1) is 0 Å². The first kappa shape index (κ1) is 19.0. The molecule has 1 unspecified atom stereocenters. The van der Waals surface area contributed by atoms with Crippen LogP contribution in [0.15, 0.2) is 35.0 Å². The molecule has 0 aromatic heterocycles. The van der Waals surface area contributed by atoms with Gasteiger partial charge in [0.2, 0.25) is 6.23 Å². The highest BCUT2D eigenvalue weighted by molar-refractivity contribution is 5.94. The molecular weight excluding hydrogens is 316 g/mol. The van der Waals surface area contributed by atoms with Gasteiger partial charge in [-0.1, -0.05) is 18.2 Å². The zero-order valence-corrected chi connectivity index (χ0v) is 13.3. The van der Waals surface area contributed by atoms with E-state index >= 15 is 0 Å². The van der Waals surface area contributed by atoms with Crippen LogP contribution in [-0.4, -0.2) is 35.7 Å². The predicted molar refractivity (Wildman–Crippen MR) is 83.0 cm³/mol. The van der Waals surface area contributed by atoms with Crippen LogP contribution in [0.1, 0.15) is 25.8 Å². The van der Waals surface area contributed by atoms with E-state index in [1.165, 1.54) is 26.0 Å². The molecule has 0 heterocycles. The van der Waals surface area contributed by atoms with Crippen LogP contribution in [0.5, 0.6) is 5.75 Å². The molecule has 0 bridgehead atoms. The minimum atomic E-state index is -1.31. The van der Waals surface area contributed by atoms with Crippen LogP contribution in [0, 0.1) is 5.53 Å². The number of ether oxygens (including phenoxy) is 2. The number of carbonyl (C=O) groups is 3. The number of hydrogen-bond donors (Lipinski definition) is 2.